The molecular weight excluding hydrogens is 262 g/mol. The van der Waals surface area contributed by atoms with Gasteiger partial charge in [-0.2, -0.15) is 0 Å². The molecule has 0 aliphatic carbocycles. The molecule has 1 aromatic carbocycles. The molecule has 0 saturated heterocycles. The van der Waals surface area contributed by atoms with Crippen LogP contribution >= 0.6 is 0 Å². The minimum Gasteiger partial charge on any atom is -0.481 e. The molecule has 0 bridgehead atoms. The third kappa shape index (κ3) is 5.09. The zero-order chi connectivity index (χ0) is 15.0. The van der Waals surface area contributed by atoms with Gasteiger partial charge in [0.2, 0.25) is 0 Å². The van der Waals surface area contributed by atoms with E-state index in [-0.39, 0.29) is 13.0 Å². The average molecular weight is 279 g/mol. The molecule has 0 fully saturated rings. The number of oxime groups is 1. The quantitative estimate of drug-likeness (QED) is 0.357. The van der Waals surface area contributed by atoms with Crippen molar-refractivity contribution in [2.45, 2.75) is 19.8 Å². The normalized spacial score (nSPS) is 11.0. The van der Waals surface area contributed by atoms with Crippen LogP contribution in [0.15, 0.2) is 29.4 Å². The Balaban J connectivity index is 2.60. The van der Waals surface area contributed by atoms with Gasteiger partial charge in [0, 0.05) is 6.42 Å². The number of hydrogen-bond donors (Lipinski definition) is 1. The molecule has 0 atom stereocenters. The van der Waals surface area contributed by atoms with Gasteiger partial charge in [-0.1, -0.05) is 17.3 Å². The summed E-state index contributed by atoms with van der Waals surface area (Å²) in [7, 11) is 1.32. The predicted octanol–water partition coefficient (Wildman–Crippen LogP) is 2.08. The Bertz CT molecular complexity index is 510. The van der Waals surface area contributed by atoms with E-state index in [0.717, 1.165) is 5.56 Å². The van der Waals surface area contributed by atoms with E-state index in [4.69, 9.17) is 9.94 Å². The molecule has 0 aliphatic rings. The SMILES string of the molecule is COC(=O)c1cccc(C(C)=NOCCCC(=O)O)c1. The van der Waals surface area contributed by atoms with E-state index in [1.807, 2.05) is 0 Å². The van der Waals surface area contributed by atoms with Crippen LogP contribution in [0.1, 0.15) is 35.7 Å². The molecule has 6 heteroatoms. The van der Waals surface area contributed by atoms with Crippen molar-refractivity contribution in [1.82, 2.24) is 0 Å². The first-order valence-corrected chi connectivity index (χ1v) is 6.11. The Morgan fingerprint density at radius 3 is 2.65 bits per heavy atom. The third-order valence-electron chi connectivity index (χ3n) is 2.53. The van der Waals surface area contributed by atoms with Crippen LogP contribution in [0.25, 0.3) is 0 Å². The minimum atomic E-state index is -0.861. The average Bonchev–Trinajstić information content (AvgIpc) is 2.45. The second-order valence-electron chi connectivity index (χ2n) is 4.08. The summed E-state index contributed by atoms with van der Waals surface area (Å²) < 4.78 is 4.64. The Morgan fingerprint density at radius 2 is 2.00 bits per heavy atom. The summed E-state index contributed by atoms with van der Waals surface area (Å²) in [6, 6.07) is 6.83. The number of rotatable bonds is 7. The van der Waals surface area contributed by atoms with Crippen molar-refractivity contribution < 1.29 is 24.3 Å². The first-order valence-electron chi connectivity index (χ1n) is 6.11. The molecule has 0 unspecified atom stereocenters. The van der Waals surface area contributed by atoms with E-state index in [9.17, 15) is 9.59 Å². The molecule has 0 aliphatic heterocycles. The summed E-state index contributed by atoms with van der Waals surface area (Å²) in [4.78, 5) is 26.8. The van der Waals surface area contributed by atoms with Gasteiger partial charge in [0.15, 0.2) is 0 Å². The van der Waals surface area contributed by atoms with Crippen LogP contribution < -0.4 is 0 Å². The van der Waals surface area contributed by atoms with Gasteiger partial charge in [-0.05, 0) is 31.0 Å². The Hall–Kier alpha value is -2.37. The summed E-state index contributed by atoms with van der Waals surface area (Å²) in [5.41, 5.74) is 1.78. The van der Waals surface area contributed by atoms with E-state index in [0.29, 0.717) is 17.7 Å². The van der Waals surface area contributed by atoms with E-state index in [1.165, 1.54) is 7.11 Å². The van der Waals surface area contributed by atoms with E-state index in [1.54, 1.807) is 31.2 Å². The highest BCUT2D eigenvalue weighted by molar-refractivity contribution is 6.00. The molecular formula is C14H17NO5. The molecule has 20 heavy (non-hydrogen) atoms. The van der Waals surface area contributed by atoms with Crippen LogP contribution in [0.3, 0.4) is 0 Å². The number of carbonyl (C=O) groups is 2. The maximum Gasteiger partial charge on any atom is 0.337 e. The fraction of sp³-hybridized carbons (Fsp3) is 0.357. The van der Waals surface area contributed by atoms with Crippen molar-refractivity contribution in [3.63, 3.8) is 0 Å². The number of carbonyl (C=O) groups excluding carboxylic acids is 1. The lowest BCUT2D eigenvalue weighted by molar-refractivity contribution is -0.137. The zero-order valence-electron chi connectivity index (χ0n) is 11.5. The summed E-state index contributed by atoms with van der Waals surface area (Å²) in [6.07, 6.45) is 0.445. The van der Waals surface area contributed by atoms with E-state index < -0.39 is 11.9 Å². The topological polar surface area (TPSA) is 85.2 Å². The van der Waals surface area contributed by atoms with E-state index >= 15 is 0 Å². The molecule has 6 nitrogen and oxygen atoms in total. The van der Waals surface area contributed by atoms with Crippen molar-refractivity contribution in [2.75, 3.05) is 13.7 Å². The molecule has 0 amide bonds. The van der Waals surface area contributed by atoms with Crippen molar-refractivity contribution >= 4 is 17.7 Å². The number of ether oxygens (including phenoxy) is 1. The summed E-state index contributed by atoms with van der Waals surface area (Å²) in [5, 5.41) is 12.4. The fourth-order valence-corrected chi connectivity index (χ4v) is 1.47. The highest BCUT2D eigenvalue weighted by Crippen LogP contribution is 2.08. The molecule has 1 N–H and O–H groups in total. The standard InChI is InChI=1S/C14H17NO5/c1-10(15-20-8-4-7-13(16)17)11-5-3-6-12(9-11)14(18)19-2/h3,5-6,9H,4,7-8H2,1-2H3,(H,16,17). The second kappa shape index (κ2) is 7.93. The predicted molar refractivity (Wildman–Crippen MR) is 72.8 cm³/mol. The van der Waals surface area contributed by atoms with Gasteiger partial charge in [-0.25, -0.2) is 4.79 Å². The van der Waals surface area contributed by atoms with Gasteiger partial charge >= 0.3 is 11.9 Å². The van der Waals surface area contributed by atoms with E-state index in [2.05, 4.69) is 9.89 Å². The van der Waals surface area contributed by atoms with Crippen LogP contribution in [0.5, 0.6) is 0 Å². The number of methoxy groups -OCH3 is 1. The number of nitrogens with zero attached hydrogens (tertiary/aromatic N) is 1. The number of carboxylic acid groups (broad SMARTS) is 1. The molecule has 0 radical (unpaired) electrons. The largest absolute Gasteiger partial charge is 0.481 e. The van der Waals surface area contributed by atoms with Crippen molar-refractivity contribution in [3.8, 4) is 0 Å². The van der Waals surface area contributed by atoms with Gasteiger partial charge in [-0.3, -0.25) is 4.79 Å². The van der Waals surface area contributed by atoms with Gasteiger partial charge in [-0.15, -0.1) is 0 Å². The monoisotopic (exact) mass is 279 g/mol. The van der Waals surface area contributed by atoms with Crippen molar-refractivity contribution in [3.05, 3.63) is 35.4 Å². The summed E-state index contributed by atoms with van der Waals surface area (Å²) >= 11 is 0. The molecule has 0 spiro atoms. The Morgan fingerprint density at radius 1 is 1.30 bits per heavy atom. The lowest BCUT2D eigenvalue weighted by atomic mass is 10.1. The lowest BCUT2D eigenvalue weighted by Crippen LogP contribution is -2.04. The van der Waals surface area contributed by atoms with Crippen LogP contribution in [-0.2, 0) is 14.4 Å². The highest BCUT2D eigenvalue weighted by atomic mass is 16.6. The second-order valence-corrected chi connectivity index (χ2v) is 4.08. The number of hydrogen-bond acceptors (Lipinski definition) is 5. The van der Waals surface area contributed by atoms with Crippen LogP contribution in [-0.4, -0.2) is 36.5 Å². The van der Waals surface area contributed by atoms with Gasteiger partial charge in [0.1, 0.15) is 6.61 Å². The maximum absolute atomic E-state index is 11.4. The summed E-state index contributed by atoms with van der Waals surface area (Å²) in [5.74, 6) is -1.28. The van der Waals surface area contributed by atoms with Crippen LogP contribution in [0.4, 0.5) is 0 Å². The minimum absolute atomic E-state index is 0.0480. The molecule has 108 valence electrons. The Labute approximate surface area is 117 Å². The number of benzene rings is 1. The fourth-order valence-electron chi connectivity index (χ4n) is 1.47. The molecule has 0 aromatic heterocycles. The molecule has 1 aromatic rings. The van der Waals surface area contributed by atoms with Crippen molar-refractivity contribution in [1.29, 1.82) is 0 Å². The van der Waals surface area contributed by atoms with Gasteiger partial charge < -0.3 is 14.7 Å². The Kier molecular flexibility index (Phi) is 6.22. The number of esters is 1. The third-order valence-corrected chi connectivity index (χ3v) is 2.53. The zero-order valence-corrected chi connectivity index (χ0v) is 11.5. The first-order chi connectivity index (χ1) is 9.54. The molecule has 1 rings (SSSR count). The molecule has 0 saturated carbocycles. The summed E-state index contributed by atoms with van der Waals surface area (Å²) in [6.45, 7) is 1.98. The first kappa shape index (κ1) is 15.7. The van der Waals surface area contributed by atoms with Crippen LogP contribution in [0, 0.1) is 0 Å². The van der Waals surface area contributed by atoms with Crippen LogP contribution in [0.2, 0.25) is 0 Å². The van der Waals surface area contributed by atoms with Gasteiger partial charge in [0.05, 0.1) is 18.4 Å². The maximum atomic E-state index is 11.4. The molecule has 0 heterocycles. The number of carboxylic acids is 1. The highest BCUT2D eigenvalue weighted by Gasteiger charge is 2.07. The van der Waals surface area contributed by atoms with Gasteiger partial charge in [0.25, 0.3) is 0 Å². The smallest absolute Gasteiger partial charge is 0.337 e. The van der Waals surface area contributed by atoms with Crippen molar-refractivity contribution in [2.24, 2.45) is 5.16 Å². The number of aliphatic carboxylic acids is 1. The lowest BCUT2D eigenvalue weighted by Gasteiger charge is -2.04.